The van der Waals surface area contributed by atoms with E-state index in [9.17, 15) is 0 Å². The molecular weight excluding hydrogens is 276 g/mol. The fourth-order valence-corrected chi connectivity index (χ4v) is 3.27. The van der Waals surface area contributed by atoms with Gasteiger partial charge in [0.15, 0.2) is 0 Å². The number of fused-ring (bicyclic) bond motifs is 1. The topological polar surface area (TPSA) is 24.9 Å². The van der Waals surface area contributed by atoms with Gasteiger partial charge in [-0.1, -0.05) is 6.08 Å². The molecule has 3 rings (SSSR count). The minimum atomic E-state index is 0.700. The molecular formula is C14H17BrN2. The van der Waals surface area contributed by atoms with Crippen molar-refractivity contribution in [2.24, 2.45) is 11.8 Å². The van der Waals surface area contributed by atoms with Gasteiger partial charge in [0.1, 0.15) is 4.60 Å². The largest absolute Gasteiger partial charge is 0.316 e. The van der Waals surface area contributed by atoms with Crippen molar-refractivity contribution in [3.63, 3.8) is 0 Å². The summed E-state index contributed by atoms with van der Waals surface area (Å²) in [6.07, 6.45) is 6.97. The molecule has 90 valence electrons. The van der Waals surface area contributed by atoms with Crippen LogP contribution in [-0.2, 0) is 0 Å². The maximum atomic E-state index is 4.42. The summed E-state index contributed by atoms with van der Waals surface area (Å²) in [4.78, 5) is 4.42. The van der Waals surface area contributed by atoms with E-state index in [4.69, 9.17) is 0 Å². The van der Waals surface area contributed by atoms with Crippen LogP contribution in [-0.4, -0.2) is 18.1 Å². The Balaban J connectivity index is 1.97. The van der Waals surface area contributed by atoms with Crippen molar-refractivity contribution in [1.29, 1.82) is 0 Å². The molecule has 1 aliphatic heterocycles. The molecule has 2 atom stereocenters. The molecule has 1 fully saturated rings. The van der Waals surface area contributed by atoms with Gasteiger partial charge in [-0.15, -0.1) is 0 Å². The molecule has 2 heterocycles. The Bertz CT molecular complexity index is 467. The summed E-state index contributed by atoms with van der Waals surface area (Å²) in [5.41, 5.74) is 4.04. The van der Waals surface area contributed by atoms with Crippen molar-refractivity contribution < 1.29 is 0 Å². The number of hydrogen-bond acceptors (Lipinski definition) is 2. The minimum Gasteiger partial charge on any atom is -0.316 e. The van der Waals surface area contributed by atoms with Gasteiger partial charge in [0.2, 0.25) is 0 Å². The van der Waals surface area contributed by atoms with E-state index in [0.29, 0.717) is 5.92 Å². The van der Waals surface area contributed by atoms with Gasteiger partial charge >= 0.3 is 0 Å². The lowest BCUT2D eigenvalue weighted by Gasteiger charge is -2.26. The Morgan fingerprint density at radius 3 is 3.12 bits per heavy atom. The van der Waals surface area contributed by atoms with E-state index in [1.165, 1.54) is 36.1 Å². The van der Waals surface area contributed by atoms with Gasteiger partial charge in [0, 0.05) is 18.7 Å². The highest BCUT2D eigenvalue weighted by Gasteiger charge is 2.32. The average molecular weight is 293 g/mol. The van der Waals surface area contributed by atoms with Crippen LogP contribution in [0.5, 0.6) is 0 Å². The number of allylic oxidation sites excluding steroid dienone is 1. The third-order valence-electron chi connectivity index (χ3n) is 3.99. The zero-order valence-electron chi connectivity index (χ0n) is 10.0. The number of aryl methyl sites for hydroxylation is 1. The van der Waals surface area contributed by atoms with Crippen molar-refractivity contribution in [2.45, 2.75) is 19.8 Å². The SMILES string of the molecule is Cc1cc(C2=CCCC3CNCC23)cnc1Br. The minimum absolute atomic E-state index is 0.700. The first kappa shape index (κ1) is 11.4. The highest BCUT2D eigenvalue weighted by molar-refractivity contribution is 9.10. The number of rotatable bonds is 1. The van der Waals surface area contributed by atoms with Crippen LogP contribution in [0.15, 0.2) is 22.9 Å². The fourth-order valence-electron chi connectivity index (χ4n) is 3.05. The normalized spacial score (nSPS) is 27.8. The molecule has 0 spiro atoms. The summed E-state index contributed by atoms with van der Waals surface area (Å²) >= 11 is 3.47. The molecule has 1 aliphatic carbocycles. The molecule has 1 aromatic heterocycles. The Morgan fingerprint density at radius 1 is 1.41 bits per heavy atom. The molecule has 1 aromatic rings. The zero-order chi connectivity index (χ0) is 11.8. The number of hydrogen-bond donors (Lipinski definition) is 1. The van der Waals surface area contributed by atoms with E-state index in [0.717, 1.165) is 17.1 Å². The zero-order valence-corrected chi connectivity index (χ0v) is 11.6. The number of nitrogens with zero attached hydrogens (tertiary/aromatic N) is 1. The van der Waals surface area contributed by atoms with Gasteiger partial charge in [-0.05, 0) is 70.9 Å². The number of aromatic nitrogens is 1. The van der Waals surface area contributed by atoms with Gasteiger partial charge < -0.3 is 5.32 Å². The molecule has 1 saturated heterocycles. The van der Waals surface area contributed by atoms with Crippen LogP contribution in [0.1, 0.15) is 24.0 Å². The maximum absolute atomic E-state index is 4.42. The average Bonchev–Trinajstić information content (AvgIpc) is 2.80. The maximum Gasteiger partial charge on any atom is 0.109 e. The lowest BCUT2D eigenvalue weighted by atomic mass is 9.78. The van der Waals surface area contributed by atoms with Crippen molar-refractivity contribution in [1.82, 2.24) is 10.3 Å². The lowest BCUT2D eigenvalue weighted by molar-refractivity contribution is 0.454. The Morgan fingerprint density at radius 2 is 2.29 bits per heavy atom. The first-order valence-corrected chi connectivity index (χ1v) is 7.08. The van der Waals surface area contributed by atoms with E-state index >= 15 is 0 Å². The van der Waals surface area contributed by atoms with Crippen LogP contribution in [0.2, 0.25) is 0 Å². The van der Waals surface area contributed by atoms with Crippen LogP contribution in [0.3, 0.4) is 0 Å². The van der Waals surface area contributed by atoms with Gasteiger partial charge in [0.05, 0.1) is 0 Å². The second-order valence-electron chi connectivity index (χ2n) is 5.09. The van der Waals surface area contributed by atoms with E-state index in [1.807, 2.05) is 6.20 Å². The molecule has 0 aromatic carbocycles. The van der Waals surface area contributed by atoms with Crippen molar-refractivity contribution in [3.05, 3.63) is 34.1 Å². The van der Waals surface area contributed by atoms with Gasteiger partial charge in [-0.25, -0.2) is 4.98 Å². The smallest absolute Gasteiger partial charge is 0.109 e. The second kappa shape index (κ2) is 4.54. The summed E-state index contributed by atoms with van der Waals surface area (Å²) < 4.78 is 0.957. The van der Waals surface area contributed by atoms with Crippen molar-refractivity contribution in [2.75, 3.05) is 13.1 Å². The number of halogens is 1. The monoisotopic (exact) mass is 292 g/mol. The molecule has 0 amide bonds. The molecule has 0 bridgehead atoms. The lowest BCUT2D eigenvalue weighted by Crippen LogP contribution is -2.18. The van der Waals surface area contributed by atoms with Crippen LogP contribution in [0.25, 0.3) is 5.57 Å². The molecule has 0 radical (unpaired) electrons. The predicted octanol–water partition coefficient (Wildman–Crippen LogP) is 3.17. The van der Waals surface area contributed by atoms with E-state index < -0.39 is 0 Å². The van der Waals surface area contributed by atoms with Gasteiger partial charge in [-0.2, -0.15) is 0 Å². The van der Waals surface area contributed by atoms with Crippen LogP contribution >= 0.6 is 15.9 Å². The molecule has 2 unspecified atom stereocenters. The van der Waals surface area contributed by atoms with E-state index in [2.05, 4.69) is 45.3 Å². The Labute approximate surface area is 111 Å². The van der Waals surface area contributed by atoms with E-state index in [1.54, 1.807) is 0 Å². The summed E-state index contributed by atoms with van der Waals surface area (Å²) in [6.45, 7) is 4.42. The second-order valence-corrected chi connectivity index (χ2v) is 5.84. The molecule has 2 nitrogen and oxygen atoms in total. The Kier molecular flexibility index (Phi) is 3.05. The molecule has 1 N–H and O–H groups in total. The van der Waals surface area contributed by atoms with Crippen LogP contribution in [0.4, 0.5) is 0 Å². The summed E-state index contributed by atoms with van der Waals surface area (Å²) in [7, 11) is 0. The van der Waals surface area contributed by atoms with Gasteiger partial charge in [-0.3, -0.25) is 0 Å². The van der Waals surface area contributed by atoms with E-state index in [-0.39, 0.29) is 0 Å². The number of nitrogens with one attached hydrogen (secondary N) is 1. The highest BCUT2D eigenvalue weighted by Crippen LogP contribution is 2.38. The number of pyridine rings is 1. The standard InChI is InChI=1S/C14H17BrN2/c1-9-5-11(7-17-14(9)15)12-4-2-3-10-6-16-8-13(10)12/h4-5,7,10,13,16H,2-3,6,8H2,1H3. The summed E-state index contributed by atoms with van der Waals surface area (Å²) in [6, 6.07) is 2.25. The summed E-state index contributed by atoms with van der Waals surface area (Å²) in [5, 5.41) is 3.52. The van der Waals surface area contributed by atoms with Crippen LogP contribution < -0.4 is 5.32 Å². The first-order valence-electron chi connectivity index (χ1n) is 6.29. The summed E-state index contributed by atoms with van der Waals surface area (Å²) in [5.74, 6) is 1.53. The van der Waals surface area contributed by atoms with Gasteiger partial charge in [0.25, 0.3) is 0 Å². The molecule has 17 heavy (non-hydrogen) atoms. The predicted molar refractivity (Wildman–Crippen MR) is 73.7 cm³/mol. The van der Waals surface area contributed by atoms with Crippen molar-refractivity contribution in [3.8, 4) is 0 Å². The third-order valence-corrected chi connectivity index (χ3v) is 4.82. The van der Waals surface area contributed by atoms with Crippen molar-refractivity contribution >= 4 is 21.5 Å². The first-order chi connectivity index (χ1) is 8.25. The quantitative estimate of drug-likeness (QED) is 0.805. The highest BCUT2D eigenvalue weighted by atomic mass is 79.9. The molecule has 2 aliphatic rings. The Hall–Kier alpha value is -0.670. The molecule has 0 saturated carbocycles. The fraction of sp³-hybridized carbons (Fsp3) is 0.500. The molecule has 3 heteroatoms. The van der Waals surface area contributed by atoms with Crippen LogP contribution in [0, 0.1) is 18.8 Å². The third kappa shape index (κ3) is 2.06.